The molecule has 0 radical (unpaired) electrons. The largest absolute Gasteiger partial charge is 0.463 e. The summed E-state index contributed by atoms with van der Waals surface area (Å²) in [7, 11) is 0. The van der Waals surface area contributed by atoms with Crippen molar-refractivity contribution in [3.63, 3.8) is 0 Å². The van der Waals surface area contributed by atoms with Crippen LogP contribution in [-0.2, 0) is 35.1 Å². The fraction of sp³-hybridized carbons (Fsp3) is 0.250. The number of β-lactam (4-membered cyclic amide) rings is 1. The fourth-order valence-electron chi connectivity index (χ4n) is 4.92. The summed E-state index contributed by atoms with van der Waals surface area (Å²) < 4.78 is 9.83. The second-order valence-corrected chi connectivity index (χ2v) is 11.2. The molecule has 2 saturated heterocycles. The molecule has 0 aromatic heterocycles. The van der Waals surface area contributed by atoms with Crippen LogP contribution in [0.4, 0.5) is 0 Å². The smallest absolute Gasteiger partial charge is 0.330 e. The quantitative estimate of drug-likeness (QED) is 0.225. The molecule has 2 fully saturated rings. The SMILES string of the molecule is CCOC(=O)C=C[C@]1(C(=O)OC(c2ccccc2)c2ccccc2)CN2C(=O)[C@@H](NC(=O)Cc3ccccc3)[C@H]2S1. The van der Waals surface area contributed by atoms with Crippen molar-refractivity contribution in [2.24, 2.45) is 0 Å². The van der Waals surface area contributed by atoms with Crippen molar-refractivity contribution in [3.05, 3.63) is 120 Å². The molecular formula is C32H30N2O6S. The topological polar surface area (TPSA) is 102 Å². The highest BCUT2D eigenvalue weighted by Gasteiger charge is 2.62. The van der Waals surface area contributed by atoms with E-state index in [9.17, 15) is 19.2 Å². The van der Waals surface area contributed by atoms with E-state index in [1.54, 1.807) is 6.92 Å². The molecule has 0 unspecified atom stereocenters. The van der Waals surface area contributed by atoms with Crippen LogP contribution in [0.2, 0.25) is 0 Å². The zero-order chi connectivity index (χ0) is 28.8. The number of fused-ring (bicyclic) bond motifs is 1. The van der Waals surface area contributed by atoms with Gasteiger partial charge < -0.3 is 19.7 Å². The minimum atomic E-state index is -1.38. The molecule has 3 atom stereocenters. The van der Waals surface area contributed by atoms with Crippen LogP contribution in [0.1, 0.15) is 29.7 Å². The summed E-state index contributed by atoms with van der Waals surface area (Å²) in [4.78, 5) is 53.6. The molecule has 9 heteroatoms. The van der Waals surface area contributed by atoms with E-state index in [0.29, 0.717) is 0 Å². The van der Waals surface area contributed by atoms with Gasteiger partial charge in [0.2, 0.25) is 11.8 Å². The lowest BCUT2D eigenvalue weighted by atomic mass is 10.00. The summed E-state index contributed by atoms with van der Waals surface area (Å²) in [6, 6.07) is 27.2. The molecule has 0 spiro atoms. The molecule has 3 aromatic rings. The van der Waals surface area contributed by atoms with E-state index in [1.807, 2.05) is 91.0 Å². The van der Waals surface area contributed by atoms with Crippen LogP contribution in [-0.4, -0.2) is 58.0 Å². The van der Waals surface area contributed by atoms with E-state index >= 15 is 0 Å². The van der Waals surface area contributed by atoms with Crippen molar-refractivity contribution in [2.75, 3.05) is 13.2 Å². The van der Waals surface area contributed by atoms with E-state index in [4.69, 9.17) is 9.47 Å². The van der Waals surface area contributed by atoms with E-state index in [2.05, 4.69) is 5.32 Å². The molecule has 0 bridgehead atoms. The van der Waals surface area contributed by atoms with Gasteiger partial charge in [-0.15, -0.1) is 11.8 Å². The number of carbonyl (C=O) groups is 4. The van der Waals surface area contributed by atoms with Crippen molar-refractivity contribution in [1.29, 1.82) is 0 Å². The van der Waals surface area contributed by atoms with Crippen LogP contribution in [0.15, 0.2) is 103 Å². The molecule has 1 N–H and O–H groups in total. The first-order valence-corrected chi connectivity index (χ1v) is 14.3. The van der Waals surface area contributed by atoms with E-state index in [1.165, 1.54) is 28.8 Å². The van der Waals surface area contributed by atoms with Gasteiger partial charge in [-0.25, -0.2) is 4.79 Å². The number of hydrogen-bond donors (Lipinski definition) is 1. The van der Waals surface area contributed by atoms with Gasteiger partial charge in [0.1, 0.15) is 11.4 Å². The molecule has 210 valence electrons. The van der Waals surface area contributed by atoms with E-state index in [0.717, 1.165) is 16.7 Å². The molecule has 2 aliphatic rings. The van der Waals surface area contributed by atoms with Gasteiger partial charge in [-0.05, 0) is 29.7 Å². The van der Waals surface area contributed by atoms with Gasteiger partial charge in [0.15, 0.2) is 10.9 Å². The van der Waals surface area contributed by atoms with Crippen LogP contribution in [0.25, 0.3) is 0 Å². The highest BCUT2D eigenvalue weighted by molar-refractivity contribution is 8.02. The number of carbonyl (C=O) groups excluding carboxylic acids is 4. The van der Waals surface area contributed by atoms with Crippen LogP contribution in [0, 0.1) is 0 Å². The second kappa shape index (κ2) is 12.4. The molecule has 41 heavy (non-hydrogen) atoms. The number of thioether (sulfide) groups is 1. The monoisotopic (exact) mass is 570 g/mol. The van der Waals surface area contributed by atoms with Crippen LogP contribution < -0.4 is 5.32 Å². The Kier molecular flexibility index (Phi) is 8.54. The molecule has 5 rings (SSSR count). The third-order valence-electron chi connectivity index (χ3n) is 6.95. The minimum Gasteiger partial charge on any atom is -0.463 e. The maximum absolute atomic E-state index is 14.0. The van der Waals surface area contributed by atoms with Gasteiger partial charge in [-0.1, -0.05) is 91.0 Å². The van der Waals surface area contributed by atoms with Crippen LogP contribution in [0.3, 0.4) is 0 Å². The molecule has 2 amide bonds. The van der Waals surface area contributed by atoms with Crippen molar-refractivity contribution in [2.45, 2.75) is 35.6 Å². The third-order valence-corrected chi connectivity index (χ3v) is 8.57. The van der Waals surface area contributed by atoms with Gasteiger partial charge >= 0.3 is 11.9 Å². The molecule has 0 saturated carbocycles. The summed E-state index contributed by atoms with van der Waals surface area (Å²) in [5.74, 6) is -1.77. The Hall–Kier alpha value is -4.37. The summed E-state index contributed by atoms with van der Waals surface area (Å²) in [6.45, 7) is 1.87. The number of nitrogens with one attached hydrogen (secondary N) is 1. The Morgan fingerprint density at radius 3 is 2.15 bits per heavy atom. The number of amides is 2. The lowest BCUT2D eigenvalue weighted by Crippen LogP contribution is -2.67. The molecule has 3 aromatic carbocycles. The normalized spacial score (nSPS) is 21.3. The summed E-state index contributed by atoms with van der Waals surface area (Å²) >= 11 is 1.19. The third kappa shape index (κ3) is 6.20. The lowest BCUT2D eigenvalue weighted by molar-refractivity contribution is -0.152. The number of benzene rings is 3. The molecular weight excluding hydrogens is 540 g/mol. The van der Waals surface area contributed by atoms with Crippen LogP contribution in [0.5, 0.6) is 0 Å². The standard InChI is InChI=1S/C32H30N2O6S/c1-2-39-26(36)18-19-32(31(38)40-28(23-14-8-4-9-15-23)24-16-10-5-11-17-24)21-34-29(37)27(30(34)41-32)33-25(35)20-22-12-6-3-7-13-22/h3-19,27-28,30H,2,20-21H2,1H3,(H,33,35)/t27-,30-,32-/m1/s1. The number of ether oxygens (including phenoxy) is 2. The first-order valence-electron chi connectivity index (χ1n) is 13.4. The minimum absolute atomic E-state index is 0.00272. The maximum Gasteiger partial charge on any atom is 0.330 e. The number of hydrogen-bond acceptors (Lipinski definition) is 7. The lowest BCUT2D eigenvalue weighted by Gasteiger charge is -2.41. The van der Waals surface area contributed by atoms with Gasteiger partial charge in [0.25, 0.3) is 0 Å². The molecule has 0 aliphatic carbocycles. The van der Waals surface area contributed by atoms with Gasteiger partial charge in [-0.2, -0.15) is 0 Å². The van der Waals surface area contributed by atoms with Crippen molar-refractivity contribution >= 4 is 35.5 Å². The fourth-order valence-corrected chi connectivity index (χ4v) is 6.49. The van der Waals surface area contributed by atoms with Gasteiger partial charge in [-0.3, -0.25) is 14.4 Å². The van der Waals surface area contributed by atoms with Crippen molar-refractivity contribution in [1.82, 2.24) is 10.2 Å². The highest BCUT2D eigenvalue weighted by atomic mass is 32.2. The van der Waals surface area contributed by atoms with E-state index < -0.39 is 34.2 Å². The van der Waals surface area contributed by atoms with Crippen molar-refractivity contribution in [3.8, 4) is 0 Å². The number of esters is 2. The average molecular weight is 571 g/mol. The Labute approximate surface area is 242 Å². The Balaban J connectivity index is 1.39. The second-order valence-electron chi connectivity index (χ2n) is 9.76. The van der Waals surface area contributed by atoms with Crippen LogP contribution >= 0.6 is 11.8 Å². The predicted molar refractivity (Wildman–Crippen MR) is 154 cm³/mol. The zero-order valence-electron chi connectivity index (χ0n) is 22.5. The van der Waals surface area contributed by atoms with Gasteiger partial charge in [0.05, 0.1) is 19.6 Å². The Bertz CT molecular complexity index is 1390. The maximum atomic E-state index is 14.0. The highest BCUT2D eigenvalue weighted by Crippen LogP contribution is 2.49. The molecule has 2 aliphatic heterocycles. The molecule has 8 nitrogen and oxygen atoms in total. The Morgan fingerprint density at radius 2 is 1.56 bits per heavy atom. The summed E-state index contributed by atoms with van der Waals surface area (Å²) in [6.07, 6.45) is 2.09. The van der Waals surface area contributed by atoms with Crippen molar-refractivity contribution < 1.29 is 28.7 Å². The first kappa shape index (κ1) is 28.2. The zero-order valence-corrected chi connectivity index (χ0v) is 23.3. The average Bonchev–Trinajstić information content (AvgIpc) is 3.36. The Morgan fingerprint density at radius 1 is 0.976 bits per heavy atom. The first-order chi connectivity index (χ1) is 19.9. The predicted octanol–water partition coefficient (Wildman–Crippen LogP) is 3.82. The van der Waals surface area contributed by atoms with E-state index in [-0.39, 0.29) is 31.4 Å². The summed E-state index contributed by atoms with van der Waals surface area (Å²) in [5, 5.41) is 2.33. The molecule has 2 heterocycles. The van der Waals surface area contributed by atoms with Gasteiger partial charge in [0, 0.05) is 6.08 Å². The number of rotatable bonds is 10. The summed E-state index contributed by atoms with van der Waals surface area (Å²) in [5.41, 5.74) is 2.39. The number of nitrogens with zero attached hydrogens (tertiary/aromatic N) is 1.